The molecule has 108 valence electrons. The Bertz CT molecular complexity index is 517. The number of hydrogen-bond acceptors (Lipinski definition) is 2. The van der Waals surface area contributed by atoms with Gasteiger partial charge in [-0.3, -0.25) is 0 Å². The number of hydrogen-bond donors (Lipinski definition) is 2. The fourth-order valence-electron chi connectivity index (χ4n) is 1.56. The molecule has 6 heteroatoms. The summed E-state index contributed by atoms with van der Waals surface area (Å²) in [5.41, 5.74) is 0.463. The summed E-state index contributed by atoms with van der Waals surface area (Å²) >= 11 is 5.83. The quantitative estimate of drug-likeness (QED) is 0.624. The molecular weight excluding hydrogens is 280 g/mol. The molecule has 0 fully saturated rings. The van der Waals surface area contributed by atoms with Crippen LogP contribution in [0, 0.1) is 0 Å². The van der Waals surface area contributed by atoms with Crippen molar-refractivity contribution in [2.24, 2.45) is 0 Å². The third-order valence-electron chi connectivity index (χ3n) is 2.70. The molecule has 0 saturated carbocycles. The summed E-state index contributed by atoms with van der Waals surface area (Å²) in [4.78, 5) is 24.2. The van der Waals surface area contributed by atoms with Gasteiger partial charge in [0.25, 0.3) is 0 Å². The van der Waals surface area contributed by atoms with Crippen molar-refractivity contribution in [3.8, 4) is 0 Å². The first kappa shape index (κ1) is 16.0. The zero-order valence-electron chi connectivity index (χ0n) is 11.2. The molecule has 0 spiro atoms. The van der Waals surface area contributed by atoms with Crippen LogP contribution in [-0.2, 0) is 0 Å². The summed E-state index contributed by atoms with van der Waals surface area (Å²) in [6.07, 6.45) is 3.49. The number of nitrogens with one attached hydrogen (secondary N) is 1. The van der Waals surface area contributed by atoms with Gasteiger partial charge in [0, 0.05) is 19.3 Å². The molecule has 2 amide bonds. The van der Waals surface area contributed by atoms with Crippen LogP contribution < -0.4 is 5.32 Å². The first-order chi connectivity index (χ1) is 9.45. The van der Waals surface area contributed by atoms with Gasteiger partial charge in [0.05, 0.1) is 10.6 Å². The summed E-state index contributed by atoms with van der Waals surface area (Å²) in [6, 6.07) is 4.01. The predicted molar refractivity (Wildman–Crippen MR) is 79.5 cm³/mol. The number of carboxylic acids is 1. The minimum absolute atomic E-state index is 0.00371. The second kappa shape index (κ2) is 7.55. The van der Waals surface area contributed by atoms with Crippen LogP contribution in [0.25, 0.3) is 0 Å². The maximum absolute atomic E-state index is 11.9. The molecule has 0 heterocycles. The van der Waals surface area contributed by atoms with Crippen molar-refractivity contribution in [3.05, 3.63) is 41.4 Å². The number of amides is 2. The van der Waals surface area contributed by atoms with Gasteiger partial charge in [0.2, 0.25) is 0 Å². The minimum Gasteiger partial charge on any atom is -0.478 e. The van der Waals surface area contributed by atoms with Crippen molar-refractivity contribution in [3.63, 3.8) is 0 Å². The summed E-state index contributed by atoms with van der Waals surface area (Å²) < 4.78 is 0. The van der Waals surface area contributed by atoms with Crippen LogP contribution in [0.5, 0.6) is 0 Å². The van der Waals surface area contributed by atoms with Crippen molar-refractivity contribution >= 4 is 29.3 Å². The van der Waals surface area contributed by atoms with E-state index in [1.54, 1.807) is 18.0 Å². The minimum atomic E-state index is -1.10. The Kier molecular flexibility index (Phi) is 6.06. The summed E-state index contributed by atoms with van der Waals surface area (Å²) in [6.45, 7) is 4.23. The maximum Gasteiger partial charge on any atom is 0.337 e. The number of unbranched alkanes of at least 4 members (excludes halogenated alkanes) is 1. The van der Waals surface area contributed by atoms with Crippen LogP contribution in [0.1, 0.15) is 23.2 Å². The Morgan fingerprint density at radius 3 is 2.75 bits per heavy atom. The van der Waals surface area contributed by atoms with E-state index in [0.29, 0.717) is 12.2 Å². The van der Waals surface area contributed by atoms with Crippen LogP contribution in [-0.4, -0.2) is 35.6 Å². The highest BCUT2D eigenvalue weighted by atomic mass is 35.5. The molecule has 5 nitrogen and oxygen atoms in total. The molecule has 0 aliphatic heterocycles. The predicted octanol–water partition coefficient (Wildman–Crippen LogP) is 3.47. The highest BCUT2D eigenvalue weighted by Crippen LogP contribution is 2.21. The third-order valence-corrected chi connectivity index (χ3v) is 3.01. The first-order valence-corrected chi connectivity index (χ1v) is 6.49. The SMILES string of the molecule is C=CCCCN(C)C(=O)Nc1ccc(C(=O)O)c(Cl)c1. The number of carbonyl (C=O) groups is 2. The molecule has 0 saturated heterocycles. The first-order valence-electron chi connectivity index (χ1n) is 6.11. The molecule has 0 radical (unpaired) electrons. The second-order valence-corrected chi connectivity index (χ2v) is 4.69. The third kappa shape index (κ3) is 4.59. The molecule has 2 N–H and O–H groups in total. The molecule has 1 rings (SSSR count). The molecule has 1 aromatic carbocycles. The van der Waals surface area contributed by atoms with Crippen molar-refractivity contribution in [2.75, 3.05) is 18.9 Å². The number of halogens is 1. The topological polar surface area (TPSA) is 69.6 Å². The van der Waals surface area contributed by atoms with Gasteiger partial charge in [0.15, 0.2) is 0 Å². The van der Waals surface area contributed by atoms with Crippen molar-refractivity contribution in [2.45, 2.75) is 12.8 Å². The number of urea groups is 1. The Hall–Kier alpha value is -2.01. The van der Waals surface area contributed by atoms with E-state index in [9.17, 15) is 9.59 Å². The Labute approximate surface area is 122 Å². The molecule has 0 atom stereocenters. The van der Waals surface area contributed by atoms with Gasteiger partial charge in [-0.05, 0) is 31.0 Å². The number of nitrogens with zero attached hydrogens (tertiary/aromatic N) is 1. The van der Waals surface area contributed by atoms with Gasteiger partial charge in [-0.1, -0.05) is 17.7 Å². The number of carboxylic acid groups (broad SMARTS) is 1. The number of allylic oxidation sites excluding steroid dienone is 1. The number of carbonyl (C=O) groups excluding carboxylic acids is 1. The molecule has 1 aromatic rings. The Balaban J connectivity index is 2.64. The fraction of sp³-hybridized carbons (Fsp3) is 0.286. The van der Waals surface area contributed by atoms with Gasteiger partial charge in [-0.25, -0.2) is 9.59 Å². The normalized spacial score (nSPS) is 9.90. The molecule has 0 aliphatic rings. The average Bonchev–Trinajstić information content (AvgIpc) is 2.38. The lowest BCUT2D eigenvalue weighted by molar-refractivity contribution is 0.0697. The van der Waals surface area contributed by atoms with E-state index < -0.39 is 5.97 Å². The molecule has 0 bridgehead atoms. The van der Waals surface area contributed by atoms with Gasteiger partial charge in [-0.15, -0.1) is 6.58 Å². The lowest BCUT2D eigenvalue weighted by Crippen LogP contribution is -2.32. The van der Waals surface area contributed by atoms with E-state index in [1.807, 2.05) is 0 Å². The zero-order valence-corrected chi connectivity index (χ0v) is 12.0. The van der Waals surface area contributed by atoms with Gasteiger partial charge in [-0.2, -0.15) is 0 Å². The van der Waals surface area contributed by atoms with E-state index in [0.717, 1.165) is 12.8 Å². The lowest BCUT2D eigenvalue weighted by atomic mass is 10.2. The molecular formula is C14H17ClN2O3. The van der Waals surface area contributed by atoms with Crippen molar-refractivity contribution in [1.82, 2.24) is 4.90 Å². The molecule has 20 heavy (non-hydrogen) atoms. The van der Waals surface area contributed by atoms with E-state index >= 15 is 0 Å². The molecule has 0 unspecified atom stereocenters. The Morgan fingerprint density at radius 2 is 2.20 bits per heavy atom. The standard InChI is InChI=1S/C14H17ClN2O3/c1-3-4-5-8-17(2)14(20)16-10-6-7-11(13(18)19)12(15)9-10/h3,6-7,9H,1,4-5,8H2,2H3,(H,16,20)(H,18,19). The summed E-state index contributed by atoms with van der Waals surface area (Å²) in [7, 11) is 1.69. The highest BCUT2D eigenvalue weighted by Gasteiger charge is 2.12. The van der Waals surface area contributed by atoms with Crippen molar-refractivity contribution in [1.29, 1.82) is 0 Å². The van der Waals surface area contributed by atoms with Crippen LogP contribution in [0.4, 0.5) is 10.5 Å². The number of benzene rings is 1. The summed E-state index contributed by atoms with van der Waals surface area (Å²) in [5.74, 6) is -1.10. The fourth-order valence-corrected chi connectivity index (χ4v) is 1.82. The van der Waals surface area contributed by atoms with E-state index in [4.69, 9.17) is 16.7 Å². The maximum atomic E-state index is 11.9. The smallest absolute Gasteiger partial charge is 0.337 e. The molecule has 0 aromatic heterocycles. The van der Waals surface area contributed by atoms with E-state index in [-0.39, 0.29) is 16.6 Å². The highest BCUT2D eigenvalue weighted by molar-refractivity contribution is 6.33. The van der Waals surface area contributed by atoms with Gasteiger partial charge >= 0.3 is 12.0 Å². The summed E-state index contributed by atoms with van der Waals surface area (Å²) in [5, 5.41) is 11.6. The van der Waals surface area contributed by atoms with E-state index in [1.165, 1.54) is 18.2 Å². The van der Waals surface area contributed by atoms with E-state index in [2.05, 4.69) is 11.9 Å². The second-order valence-electron chi connectivity index (χ2n) is 4.28. The van der Waals surface area contributed by atoms with Crippen LogP contribution >= 0.6 is 11.6 Å². The molecule has 0 aliphatic carbocycles. The van der Waals surface area contributed by atoms with Gasteiger partial charge in [0.1, 0.15) is 0 Å². The lowest BCUT2D eigenvalue weighted by Gasteiger charge is -2.17. The van der Waals surface area contributed by atoms with Crippen LogP contribution in [0.15, 0.2) is 30.9 Å². The van der Waals surface area contributed by atoms with Crippen LogP contribution in [0.2, 0.25) is 5.02 Å². The monoisotopic (exact) mass is 296 g/mol. The zero-order chi connectivity index (χ0) is 15.1. The van der Waals surface area contributed by atoms with Gasteiger partial charge < -0.3 is 15.3 Å². The number of anilines is 1. The Morgan fingerprint density at radius 1 is 1.50 bits per heavy atom. The largest absolute Gasteiger partial charge is 0.478 e. The number of aromatic carboxylic acids is 1. The van der Waals surface area contributed by atoms with Crippen molar-refractivity contribution < 1.29 is 14.7 Å². The number of rotatable bonds is 6. The average molecular weight is 297 g/mol. The van der Waals surface area contributed by atoms with Crippen LogP contribution in [0.3, 0.4) is 0 Å².